The summed E-state index contributed by atoms with van der Waals surface area (Å²) in [7, 11) is 1.50. The lowest BCUT2D eigenvalue weighted by Gasteiger charge is -2.27. The first-order chi connectivity index (χ1) is 42.9. The number of phosphoric acid groups is 1. The summed E-state index contributed by atoms with van der Waals surface area (Å²) in [4.78, 5) is 38.0. The molecule has 514 valence electrons. The topological polar surface area (TPSA) is 111 Å². The number of nitrogens with one attached hydrogen (secondary N) is 1. The summed E-state index contributed by atoms with van der Waals surface area (Å²) in [5.74, 6) is -0.496. The van der Waals surface area contributed by atoms with Crippen molar-refractivity contribution in [3.8, 4) is 0 Å². The minimum Gasteiger partial charge on any atom is -0.456 e. The Kier molecular flexibility index (Phi) is 65.4. The Bertz CT molecular complexity index is 1730. The van der Waals surface area contributed by atoms with Crippen molar-refractivity contribution in [2.24, 2.45) is 0 Å². The molecule has 0 aliphatic rings. The van der Waals surface area contributed by atoms with Gasteiger partial charge in [0.15, 0.2) is 0 Å². The van der Waals surface area contributed by atoms with Crippen molar-refractivity contribution >= 4 is 19.7 Å². The predicted molar refractivity (Wildman–Crippen MR) is 383 cm³/mol. The Labute approximate surface area is 546 Å². The molecule has 9 nitrogen and oxygen atoms in total. The highest BCUT2D eigenvalue weighted by Crippen LogP contribution is 2.43. The quantitative estimate of drug-likeness (QED) is 0.0205. The van der Waals surface area contributed by atoms with Crippen molar-refractivity contribution in [3.63, 3.8) is 0 Å². The number of unbranched alkanes of at least 4 members (excludes halogenated alkanes) is 43. The molecule has 0 aromatic heterocycles. The van der Waals surface area contributed by atoms with E-state index in [0.29, 0.717) is 17.4 Å². The molecular formula is C78H146N2O7P+. The van der Waals surface area contributed by atoms with E-state index in [-0.39, 0.29) is 31.5 Å². The standard InChI is InChI=1S/C78H145N2O7P/c1-7-10-13-16-19-22-25-28-30-32-34-36-38-39-40-41-43-45-47-49-51-53-56-59-62-65-68-71-78(82)87-76(69-66-63-60-57-54-27-24-21-18-15-12-9-3)75(74-86-88(83,84)85-73-72-80(4,5)6)79-77(81)70-67-64-61-58-55-52-50-48-46-44-42-37-35-33-31-29-26-23-20-17-14-11-8-2/h19,22,28-31,34,36,39-40,66,69,75-76H,7-18,20-21,23-27,32-33,35,37-38,41-65,67-68,70-74H2,1-6H3,(H-,79,81,83,84)/p+1/b22-19-,30-28-,31-29+,36-34-,40-39-,69-66+. The highest BCUT2D eigenvalue weighted by Gasteiger charge is 2.30. The van der Waals surface area contributed by atoms with Crippen molar-refractivity contribution in [2.45, 2.75) is 373 Å². The van der Waals surface area contributed by atoms with Crippen LogP contribution in [0.15, 0.2) is 72.9 Å². The summed E-state index contributed by atoms with van der Waals surface area (Å²) in [5.41, 5.74) is 0. The average Bonchev–Trinajstić information content (AvgIpc) is 3.61. The number of carbonyl (C=O) groups is 2. The van der Waals surface area contributed by atoms with Gasteiger partial charge in [0, 0.05) is 12.8 Å². The van der Waals surface area contributed by atoms with Gasteiger partial charge in [0.2, 0.25) is 5.91 Å². The molecule has 1 amide bonds. The third-order valence-corrected chi connectivity index (χ3v) is 17.9. The Balaban J connectivity index is 4.99. The third-order valence-electron chi connectivity index (χ3n) is 16.9. The second-order valence-corrected chi connectivity index (χ2v) is 28.3. The zero-order chi connectivity index (χ0) is 64.2. The number of hydrogen-bond donors (Lipinski definition) is 2. The minimum absolute atomic E-state index is 0.0393. The number of carbonyl (C=O) groups excluding carboxylic acids is 2. The molecule has 3 atom stereocenters. The van der Waals surface area contributed by atoms with Crippen LogP contribution in [0.5, 0.6) is 0 Å². The second-order valence-electron chi connectivity index (χ2n) is 26.8. The molecule has 0 radical (unpaired) electrons. The van der Waals surface area contributed by atoms with Crippen LogP contribution in [0.3, 0.4) is 0 Å². The third kappa shape index (κ3) is 67.8. The van der Waals surface area contributed by atoms with E-state index in [2.05, 4.69) is 86.8 Å². The largest absolute Gasteiger partial charge is 0.472 e. The van der Waals surface area contributed by atoms with Gasteiger partial charge >= 0.3 is 13.8 Å². The molecule has 0 saturated carbocycles. The predicted octanol–water partition coefficient (Wildman–Crippen LogP) is 24.3. The van der Waals surface area contributed by atoms with E-state index in [1.54, 1.807) is 0 Å². The van der Waals surface area contributed by atoms with Gasteiger partial charge in [0.25, 0.3) is 0 Å². The zero-order valence-electron chi connectivity index (χ0n) is 59.0. The van der Waals surface area contributed by atoms with Crippen LogP contribution in [0.2, 0.25) is 0 Å². The molecule has 0 rings (SSSR count). The van der Waals surface area contributed by atoms with Gasteiger partial charge in [0.05, 0.1) is 33.8 Å². The lowest BCUT2D eigenvalue weighted by atomic mass is 10.0. The smallest absolute Gasteiger partial charge is 0.456 e. The van der Waals surface area contributed by atoms with Crippen LogP contribution < -0.4 is 5.32 Å². The van der Waals surface area contributed by atoms with Crippen molar-refractivity contribution in [3.05, 3.63) is 72.9 Å². The number of phosphoric ester groups is 1. The van der Waals surface area contributed by atoms with E-state index in [1.807, 2.05) is 33.3 Å². The summed E-state index contributed by atoms with van der Waals surface area (Å²) >= 11 is 0. The first kappa shape index (κ1) is 85.5. The number of amides is 1. The number of quaternary nitrogens is 1. The lowest BCUT2D eigenvalue weighted by molar-refractivity contribution is -0.870. The molecule has 0 fully saturated rings. The monoisotopic (exact) mass is 1250 g/mol. The van der Waals surface area contributed by atoms with Gasteiger partial charge in [-0.15, -0.1) is 0 Å². The van der Waals surface area contributed by atoms with E-state index in [9.17, 15) is 19.0 Å². The first-order valence-electron chi connectivity index (χ1n) is 37.8. The maximum absolute atomic E-state index is 13.6. The minimum atomic E-state index is -4.46. The molecule has 0 saturated heterocycles. The number of nitrogens with zero attached hydrogens (tertiary/aromatic N) is 1. The Morgan fingerprint density at radius 2 is 0.693 bits per heavy atom. The molecule has 0 bridgehead atoms. The van der Waals surface area contributed by atoms with Crippen LogP contribution >= 0.6 is 7.82 Å². The number of hydrogen-bond acceptors (Lipinski definition) is 6. The highest BCUT2D eigenvalue weighted by molar-refractivity contribution is 7.47. The summed E-state index contributed by atoms with van der Waals surface area (Å²) in [5, 5.41) is 3.08. The van der Waals surface area contributed by atoms with Gasteiger partial charge in [-0.2, -0.15) is 0 Å². The van der Waals surface area contributed by atoms with Gasteiger partial charge in [-0.1, -0.05) is 319 Å². The van der Waals surface area contributed by atoms with Crippen molar-refractivity contribution < 1.29 is 37.3 Å². The van der Waals surface area contributed by atoms with Gasteiger partial charge in [-0.25, -0.2) is 4.57 Å². The fraction of sp³-hybridized carbons (Fsp3) is 0.821. The molecule has 0 heterocycles. The summed E-state index contributed by atoms with van der Waals surface area (Å²) < 4.78 is 30.9. The number of rotatable bonds is 69. The zero-order valence-corrected chi connectivity index (χ0v) is 59.9. The van der Waals surface area contributed by atoms with Gasteiger partial charge in [-0.05, 0) is 102 Å². The fourth-order valence-electron chi connectivity index (χ4n) is 11.0. The maximum Gasteiger partial charge on any atom is 0.472 e. The molecule has 2 N–H and O–H groups in total. The molecule has 0 aromatic carbocycles. The summed E-state index contributed by atoms with van der Waals surface area (Å²) in [6.45, 7) is 7.02. The lowest BCUT2D eigenvalue weighted by Crippen LogP contribution is -2.47. The van der Waals surface area contributed by atoms with Crippen LogP contribution in [0.25, 0.3) is 0 Å². The van der Waals surface area contributed by atoms with E-state index in [0.717, 1.165) is 77.0 Å². The molecule has 3 unspecified atom stereocenters. The van der Waals surface area contributed by atoms with Crippen LogP contribution in [0, 0.1) is 0 Å². The summed E-state index contributed by atoms with van der Waals surface area (Å²) in [6, 6.07) is -0.852. The Morgan fingerprint density at radius 3 is 1.07 bits per heavy atom. The van der Waals surface area contributed by atoms with Crippen LogP contribution in [-0.4, -0.2) is 74.3 Å². The van der Waals surface area contributed by atoms with Gasteiger partial charge in [0.1, 0.15) is 19.3 Å². The van der Waals surface area contributed by atoms with Gasteiger partial charge < -0.3 is 19.4 Å². The van der Waals surface area contributed by atoms with Crippen LogP contribution in [0.4, 0.5) is 0 Å². The van der Waals surface area contributed by atoms with E-state index in [1.165, 1.54) is 250 Å². The SMILES string of the molecule is CCCCC/C=C\C/C=C\C/C=C\C/C=C\CCCCCCCCCCCCCC(=O)OC(/C=C/CCCCCCCCCCCC)C(COP(=O)(O)OCC[N+](C)(C)C)NC(=O)CCCCCCCCCCCCCCC/C=C/CCCCCCCC. The molecule has 0 spiro atoms. The normalized spacial score (nSPS) is 13.9. The van der Waals surface area contributed by atoms with E-state index in [4.69, 9.17) is 13.8 Å². The first-order valence-corrected chi connectivity index (χ1v) is 39.3. The van der Waals surface area contributed by atoms with E-state index < -0.39 is 20.0 Å². The van der Waals surface area contributed by atoms with Crippen molar-refractivity contribution in [2.75, 3.05) is 40.9 Å². The molecule has 0 aromatic rings. The molecule has 10 heteroatoms. The second kappa shape index (κ2) is 67.3. The molecule has 0 aliphatic heterocycles. The van der Waals surface area contributed by atoms with Crippen LogP contribution in [-0.2, 0) is 27.9 Å². The van der Waals surface area contributed by atoms with Crippen molar-refractivity contribution in [1.82, 2.24) is 5.32 Å². The Hall–Kier alpha value is -2.55. The average molecular weight is 1260 g/mol. The maximum atomic E-state index is 13.6. The van der Waals surface area contributed by atoms with Crippen molar-refractivity contribution in [1.29, 1.82) is 0 Å². The Morgan fingerprint density at radius 1 is 0.398 bits per heavy atom. The highest BCUT2D eigenvalue weighted by atomic mass is 31.2. The fourth-order valence-corrected chi connectivity index (χ4v) is 11.8. The molecule has 0 aliphatic carbocycles. The number of likely N-dealkylation sites (N-methyl/N-ethyl adjacent to an activating group) is 1. The number of esters is 1. The van der Waals surface area contributed by atoms with Gasteiger partial charge in [-0.3, -0.25) is 18.6 Å². The number of ether oxygens (including phenoxy) is 1. The number of allylic oxidation sites excluding steroid dienone is 11. The molecule has 88 heavy (non-hydrogen) atoms. The van der Waals surface area contributed by atoms with E-state index >= 15 is 0 Å². The molecular weight excluding hydrogens is 1110 g/mol. The van der Waals surface area contributed by atoms with Crippen LogP contribution in [0.1, 0.15) is 361 Å². The summed E-state index contributed by atoms with van der Waals surface area (Å²) in [6.07, 6.45) is 89.2.